The van der Waals surface area contributed by atoms with Gasteiger partial charge < -0.3 is 0 Å². The molecule has 0 N–H and O–H groups in total. The van der Waals surface area contributed by atoms with Crippen LogP contribution in [0, 0.1) is 17.8 Å². The Balaban J connectivity index is 2.71. The highest BCUT2D eigenvalue weighted by Gasteiger charge is 2.26. The van der Waals surface area contributed by atoms with Gasteiger partial charge in [-0.05, 0) is 38.5 Å². The monoisotopic (exact) mass is 180 g/mol. The molecule has 0 saturated heterocycles. The second kappa shape index (κ2) is 4.08. The van der Waals surface area contributed by atoms with Gasteiger partial charge in [0.15, 0.2) is 0 Å². The lowest BCUT2D eigenvalue weighted by Gasteiger charge is -2.29. The van der Waals surface area contributed by atoms with Crippen LogP contribution in [0.4, 0.5) is 0 Å². The molecule has 1 aliphatic carbocycles. The lowest BCUT2D eigenvalue weighted by molar-refractivity contribution is -0.120. The number of ketones is 1. The molecule has 0 unspecified atom stereocenters. The van der Waals surface area contributed by atoms with Crippen LogP contribution in [0.5, 0.6) is 0 Å². The summed E-state index contributed by atoms with van der Waals surface area (Å²) in [6.45, 7) is 8.29. The van der Waals surface area contributed by atoms with Crippen molar-refractivity contribution in [2.75, 3.05) is 0 Å². The van der Waals surface area contributed by atoms with Gasteiger partial charge in [0.2, 0.25) is 0 Å². The third-order valence-corrected chi connectivity index (χ3v) is 3.26. The second-order valence-electron chi connectivity index (χ2n) is 4.59. The summed E-state index contributed by atoms with van der Waals surface area (Å²) >= 11 is 0. The molecule has 1 rings (SSSR count). The Labute approximate surface area is 81.2 Å². The Morgan fingerprint density at radius 2 is 2.15 bits per heavy atom. The molecule has 13 heavy (non-hydrogen) atoms. The molecule has 1 nitrogen and oxygen atoms in total. The molecular weight excluding hydrogens is 160 g/mol. The molecule has 0 heterocycles. The fourth-order valence-corrected chi connectivity index (χ4v) is 2.10. The predicted octanol–water partition coefficient (Wildman–Crippen LogP) is 3.20. The fourth-order valence-electron chi connectivity index (χ4n) is 2.10. The largest absolute Gasteiger partial charge is 0.299 e. The Morgan fingerprint density at radius 1 is 1.54 bits per heavy atom. The molecule has 0 amide bonds. The Kier molecular flexibility index (Phi) is 3.29. The first-order valence-electron chi connectivity index (χ1n) is 5.19. The van der Waals surface area contributed by atoms with E-state index in [4.69, 9.17) is 0 Å². The van der Waals surface area contributed by atoms with Crippen LogP contribution < -0.4 is 0 Å². The van der Waals surface area contributed by atoms with Crippen LogP contribution in [0.25, 0.3) is 0 Å². The molecule has 0 saturated carbocycles. The van der Waals surface area contributed by atoms with Crippen LogP contribution in [-0.4, -0.2) is 5.78 Å². The quantitative estimate of drug-likeness (QED) is 0.596. The zero-order chi connectivity index (χ0) is 10.0. The average Bonchev–Trinajstić information content (AvgIpc) is 2.04. The molecule has 1 heteroatoms. The number of carbonyl (C=O) groups is 1. The van der Waals surface area contributed by atoms with Crippen molar-refractivity contribution in [1.82, 2.24) is 0 Å². The highest BCUT2D eigenvalue weighted by Crippen LogP contribution is 2.33. The van der Waals surface area contributed by atoms with Gasteiger partial charge in [-0.3, -0.25) is 4.79 Å². The normalized spacial score (nSPS) is 28.8. The molecule has 0 aromatic heterocycles. The van der Waals surface area contributed by atoms with Crippen LogP contribution in [0.3, 0.4) is 0 Å². The zero-order valence-corrected chi connectivity index (χ0v) is 9.13. The van der Waals surface area contributed by atoms with E-state index < -0.39 is 0 Å². The molecule has 0 aliphatic heterocycles. The lowest BCUT2D eigenvalue weighted by atomic mass is 9.75. The summed E-state index contributed by atoms with van der Waals surface area (Å²) in [7, 11) is 0. The van der Waals surface area contributed by atoms with E-state index in [9.17, 15) is 4.79 Å². The van der Waals surface area contributed by atoms with Crippen molar-refractivity contribution in [3.8, 4) is 0 Å². The maximum atomic E-state index is 11.3. The van der Waals surface area contributed by atoms with E-state index in [1.54, 1.807) is 6.92 Å². The molecule has 0 aromatic carbocycles. The van der Waals surface area contributed by atoms with E-state index in [2.05, 4.69) is 26.8 Å². The first kappa shape index (κ1) is 10.5. The predicted molar refractivity (Wildman–Crippen MR) is 55.5 cm³/mol. The highest BCUT2D eigenvalue weighted by molar-refractivity contribution is 5.81. The van der Waals surface area contributed by atoms with E-state index in [0.717, 1.165) is 12.8 Å². The summed E-state index contributed by atoms with van der Waals surface area (Å²) in [6, 6.07) is 0. The van der Waals surface area contributed by atoms with E-state index in [1.807, 2.05) is 0 Å². The zero-order valence-electron chi connectivity index (χ0n) is 9.13. The van der Waals surface area contributed by atoms with Gasteiger partial charge in [0.1, 0.15) is 5.78 Å². The number of rotatable bonds is 2. The van der Waals surface area contributed by atoms with Crippen molar-refractivity contribution in [1.29, 1.82) is 0 Å². The van der Waals surface area contributed by atoms with Gasteiger partial charge in [-0.15, -0.1) is 0 Å². The van der Waals surface area contributed by atoms with Crippen molar-refractivity contribution >= 4 is 5.78 Å². The summed E-state index contributed by atoms with van der Waals surface area (Å²) in [5.74, 6) is 1.95. The number of hydrogen-bond acceptors (Lipinski definition) is 1. The van der Waals surface area contributed by atoms with Gasteiger partial charge in [0.25, 0.3) is 0 Å². The molecule has 1 aliphatic rings. The van der Waals surface area contributed by atoms with E-state index in [0.29, 0.717) is 17.6 Å². The van der Waals surface area contributed by atoms with Gasteiger partial charge >= 0.3 is 0 Å². The third-order valence-electron chi connectivity index (χ3n) is 3.26. The van der Waals surface area contributed by atoms with Crippen molar-refractivity contribution < 1.29 is 4.79 Å². The van der Waals surface area contributed by atoms with Crippen LogP contribution >= 0.6 is 0 Å². The first-order valence-corrected chi connectivity index (χ1v) is 5.19. The molecule has 0 radical (unpaired) electrons. The van der Waals surface area contributed by atoms with Crippen LogP contribution in [0.15, 0.2) is 11.6 Å². The van der Waals surface area contributed by atoms with E-state index in [-0.39, 0.29) is 5.92 Å². The van der Waals surface area contributed by atoms with Gasteiger partial charge in [-0.2, -0.15) is 0 Å². The van der Waals surface area contributed by atoms with E-state index >= 15 is 0 Å². The SMILES string of the molecule is CC(=O)[C@@H]1C[C@H](C(C)C)CC=C1C. The maximum absolute atomic E-state index is 11.3. The maximum Gasteiger partial charge on any atom is 0.136 e. The van der Waals surface area contributed by atoms with Gasteiger partial charge in [0, 0.05) is 5.92 Å². The summed E-state index contributed by atoms with van der Waals surface area (Å²) < 4.78 is 0. The third kappa shape index (κ3) is 2.43. The molecule has 74 valence electrons. The number of Topliss-reactive ketones (excluding diaryl/α,β-unsaturated/α-hetero) is 1. The molecule has 2 atom stereocenters. The minimum atomic E-state index is 0.209. The van der Waals surface area contributed by atoms with Crippen LogP contribution in [0.1, 0.15) is 40.5 Å². The number of carbonyl (C=O) groups excluding carboxylic acids is 1. The minimum absolute atomic E-state index is 0.209. The lowest BCUT2D eigenvalue weighted by Crippen LogP contribution is -2.23. The standard InChI is InChI=1S/C12H20O/c1-8(2)11-6-5-9(3)12(7-11)10(4)13/h5,8,11-12H,6-7H2,1-4H3/t11-,12-/m1/s1. The molecule has 0 bridgehead atoms. The first-order chi connectivity index (χ1) is 6.02. The van der Waals surface area contributed by atoms with Crippen LogP contribution in [0.2, 0.25) is 0 Å². The Hall–Kier alpha value is -0.590. The summed E-state index contributed by atoms with van der Waals surface area (Å²) in [6.07, 6.45) is 4.48. The average molecular weight is 180 g/mol. The van der Waals surface area contributed by atoms with Gasteiger partial charge in [-0.1, -0.05) is 25.5 Å². The highest BCUT2D eigenvalue weighted by atomic mass is 16.1. The molecule has 0 aromatic rings. The van der Waals surface area contributed by atoms with Crippen LogP contribution in [-0.2, 0) is 4.79 Å². The number of hydrogen-bond donors (Lipinski definition) is 0. The van der Waals surface area contributed by atoms with Gasteiger partial charge in [-0.25, -0.2) is 0 Å². The van der Waals surface area contributed by atoms with Crippen molar-refractivity contribution in [2.24, 2.45) is 17.8 Å². The minimum Gasteiger partial charge on any atom is -0.299 e. The summed E-state index contributed by atoms with van der Waals surface area (Å²) in [4.78, 5) is 11.3. The number of allylic oxidation sites excluding steroid dienone is 2. The smallest absolute Gasteiger partial charge is 0.136 e. The Bertz CT molecular complexity index is 225. The van der Waals surface area contributed by atoms with Crippen molar-refractivity contribution in [3.05, 3.63) is 11.6 Å². The molecular formula is C12H20O. The fraction of sp³-hybridized carbons (Fsp3) is 0.750. The van der Waals surface area contributed by atoms with Crippen molar-refractivity contribution in [3.63, 3.8) is 0 Å². The summed E-state index contributed by atoms with van der Waals surface area (Å²) in [5, 5.41) is 0. The topological polar surface area (TPSA) is 17.1 Å². The van der Waals surface area contributed by atoms with E-state index in [1.165, 1.54) is 5.57 Å². The van der Waals surface area contributed by atoms with Gasteiger partial charge in [0.05, 0.1) is 0 Å². The summed E-state index contributed by atoms with van der Waals surface area (Å²) in [5.41, 5.74) is 1.28. The molecule has 0 spiro atoms. The van der Waals surface area contributed by atoms with Crippen molar-refractivity contribution in [2.45, 2.75) is 40.5 Å². The molecule has 0 fully saturated rings. The second-order valence-corrected chi connectivity index (χ2v) is 4.59. The Morgan fingerprint density at radius 3 is 2.62 bits per heavy atom.